The second-order valence-electron chi connectivity index (χ2n) is 6.90. The highest BCUT2D eigenvalue weighted by Gasteiger charge is 2.41. The maximum Gasteiger partial charge on any atom is 0.0330 e. The van der Waals surface area contributed by atoms with Gasteiger partial charge in [0.1, 0.15) is 0 Å². The first kappa shape index (κ1) is 15.3. The highest BCUT2D eigenvalue weighted by atomic mass is 15.2. The van der Waals surface area contributed by atoms with Crippen molar-refractivity contribution in [2.24, 2.45) is 0 Å². The van der Waals surface area contributed by atoms with E-state index in [0.29, 0.717) is 11.6 Å². The largest absolute Gasteiger partial charge is 0.313 e. The summed E-state index contributed by atoms with van der Waals surface area (Å²) in [6, 6.07) is 1.45. The van der Waals surface area contributed by atoms with Crippen molar-refractivity contribution in [3.8, 4) is 0 Å². The fourth-order valence-corrected chi connectivity index (χ4v) is 4.05. The van der Waals surface area contributed by atoms with Crippen molar-refractivity contribution in [1.29, 1.82) is 0 Å². The van der Waals surface area contributed by atoms with Crippen molar-refractivity contribution in [2.45, 2.75) is 69.5 Å². The quantitative estimate of drug-likeness (QED) is 0.797. The van der Waals surface area contributed by atoms with Gasteiger partial charge in [-0.3, -0.25) is 0 Å². The van der Waals surface area contributed by atoms with Gasteiger partial charge >= 0.3 is 0 Å². The highest BCUT2D eigenvalue weighted by molar-refractivity contribution is 5.00. The maximum absolute atomic E-state index is 3.71. The summed E-state index contributed by atoms with van der Waals surface area (Å²) in [4.78, 5) is 5.13. The van der Waals surface area contributed by atoms with E-state index in [1.54, 1.807) is 0 Å². The molecule has 2 rings (SSSR count). The Morgan fingerprint density at radius 1 is 1.05 bits per heavy atom. The predicted molar refractivity (Wildman–Crippen MR) is 82.6 cm³/mol. The van der Waals surface area contributed by atoms with Crippen LogP contribution in [0.3, 0.4) is 0 Å². The zero-order valence-corrected chi connectivity index (χ0v) is 13.4. The monoisotopic (exact) mass is 267 g/mol. The summed E-state index contributed by atoms with van der Waals surface area (Å²) < 4.78 is 0. The van der Waals surface area contributed by atoms with Gasteiger partial charge in [0.2, 0.25) is 0 Å². The van der Waals surface area contributed by atoms with Gasteiger partial charge in [-0.25, -0.2) is 0 Å². The zero-order valence-electron chi connectivity index (χ0n) is 13.4. The van der Waals surface area contributed by atoms with Gasteiger partial charge < -0.3 is 15.1 Å². The molecular formula is C16H33N3. The molecule has 0 heterocycles. The lowest BCUT2D eigenvalue weighted by molar-refractivity contribution is 0.00555. The molecule has 112 valence electrons. The smallest absolute Gasteiger partial charge is 0.0330 e. The summed E-state index contributed by atoms with van der Waals surface area (Å²) in [6.45, 7) is 4.58. The first-order chi connectivity index (χ1) is 9.09. The van der Waals surface area contributed by atoms with E-state index in [1.807, 2.05) is 0 Å². The van der Waals surface area contributed by atoms with E-state index in [2.05, 4.69) is 43.2 Å². The van der Waals surface area contributed by atoms with E-state index in [4.69, 9.17) is 0 Å². The molecule has 2 aliphatic carbocycles. The molecule has 0 aromatic rings. The molecule has 0 aromatic heterocycles. The van der Waals surface area contributed by atoms with Gasteiger partial charge in [0.25, 0.3) is 0 Å². The molecule has 19 heavy (non-hydrogen) atoms. The van der Waals surface area contributed by atoms with Crippen molar-refractivity contribution >= 4 is 0 Å². The number of hydrogen-bond acceptors (Lipinski definition) is 3. The number of nitrogens with one attached hydrogen (secondary N) is 1. The van der Waals surface area contributed by atoms with Gasteiger partial charge in [-0.15, -0.1) is 0 Å². The Hall–Kier alpha value is -0.120. The van der Waals surface area contributed by atoms with Gasteiger partial charge in [0, 0.05) is 24.2 Å². The van der Waals surface area contributed by atoms with Crippen molar-refractivity contribution in [3.05, 3.63) is 0 Å². The van der Waals surface area contributed by atoms with E-state index in [0.717, 1.165) is 12.6 Å². The molecular weight excluding hydrogens is 234 g/mol. The molecule has 2 unspecified atom stereocenters. The summed E-state index contributed by atoms with van der Waals surface area (Å²) >= 11 is 0. The Labute approximate surface area is 119 Å². The summed E-state index contributed by atoms with van der Waals surface area (Å²) in [5.74, 6) is 0. The molecule has 3 nitrogen and oxygen atoms in total. The maximum atomic E-state index is 3.71. The van der Waals surface area contributed by atoms with E-state index < -0.39 is 0 Å². The fraction of sp³-hybridized carbons (Fsp3) is 1.00. The minimum atomic E-state index is 0.461. The van der Waals surface area contributed by atoms with E-state index in [-0.39, 0.29) is 0 Å². The lowest BCUT2D eigenvalue weighted by Gasteiger charge is -2.51. The Kier molecular flexibility index (Phi) is 5.27. The summed E-state index contributed by atoms with van der Waals surface area (Å²) in [5, 5.41) is 3.71. The standard InChI is InChI=1S/C16H33N3/c1-5-17-14-9-6-7-10-15(14)19(4)13-16(18(2)3)11-8-12-16/h14-15,17H,5-13H2,1-4H3. The molecule has 2 saturated carbocycles. The fourth-order valence-electron chi connectivity index (χ4n) is 4.05. The third-order valence-corrected chi connectivity index (χ3v) is 5.54. The lowest BCUT2D eigenvalue weighted by atomic mass is 9.74. The number of hydrogen-bond donors (Lipinski definition) is 1. The Morgan fingerprint density at radius 2 is 1.74 bits per heavy atom. The number of rotatable bonds is 6. The molecule has 3 heteroatoms. The normalized spacial score (nSPS) is 30.6. The second-order valence-corrected chi connectivity index (χ2v) is 6.90. The molecule has 0 bridgehead atoms. The van der Waals surface area contributed by atoms with Crippen LogP contribution in [0.1, 0.15) is 51.9 Å². The predicted octanol–water partition coefficient (Wildman–Crippen LogP) is 2.32. The molecule has 0 spiro atoms. The van der Waals surface area contributed by atoms with Crippen molar-refractivity contribution in [1.82, 2.24) is 15.1 Å². The first-order valence-corrected chi connectivity index (χ1v) is 8.20. The topological polar surface area (TPSA) is 18.5 Å². The van der Waals surface area contributed by atoms with Crippen LogP contribution < -0.4 is 5.32 Å². The van der Waals surface area contributed by atoms with Crippen molar-refractivity contribution < 1.29 is 0 Å². The van der Waals surface area contributed by atoms with Crippen LogP contribution in [0.25, 0.3) is 0 Å². The van der Waals surface area contributed by atoms with Gasteiger partial charge in [-0.05, 0) is 59.8 Å². The molecule has 2 atom stereocenters. The van der Waals surface area contributed by atoms with Crippen LogP contribution in [0.2, 0.25) is 0 Å². The molecule has 0 saturated heterocycles. The minimum Gasteiger partial charge on any atom is -0.313 e. The second kappa shape index (κ2) is 6.55. The SMILES string of the molecule is CCNC1CCCCC1N(C)CC1(N(C)C)CCC1. The van der Waals surface area contributed by atoms with Crippen LogP contribution in [-0.4, -0.2) is 61.7 Å². The van der Waals surface area contributed by atoms with Gasteiger partial charge in [-0.2, -0.15) is 0 Å². The van der Waals surface area contributed by atoms with Crippen LogP contribution >= 0.6 is 0 Å². The molecule has 0 aliphatic heterocycles. The van der Waals surface area contributed by atoms with Crippen LogP contribution in [0, 0.1) is 0 Å². The Morgan fingerprint density at radius 3 is 2.26 bits per heavy atom. The Bertz CT molecular complexity index is 271. The molecule has 0 aromatic carbocycles. The van der Waals surface area contributed by atoms with Gasteiger partial charge in [0.15, 0.2) is 0 Å². The molecule has 2 aliphatic rings. The zero-order chi connectivity index (χ0) is 13.9. The summed E-state index contributed by atoms with van der Waals surface area (Å²) in [7, 11) is 6.87. The summed E-state index contributed by atoms with van der Waals surface area (Å²) in [5.41, 5.74) is 0.461. The van der Waals surface area contributed by atoms with Crippen LogP contribution in [0.4, 0.5) is 0 Å². The van der Waals surface area contributed by atoms with E-state index in [1.165, 1.54) is 51.5 Å². The number of likely N-dealkylation sites (N-methyl/N-ethyl adjacent to an activating group) is 3. The Balaban J connectivity index is 1.95. The van der Waals surface area contributed by atoms with E-state index >= 15 is 0 Å². The highest BCUT2D eigenvalue weighted by Crippen LogP contribution is 2.37. The molecule has 0 radical (unpaired) electrons. The average molecular weight is 267 g/mol. The van der Waals surface area contributed by atoms with Crippen LogP contribution in [-0.2, 0) is 0 Å². The average Bonchev–Trinajstić information content (AvgIpc) is 2.34. The van der Waals surface area contributed by atoms with E-state index in [9.17, 15) is 0 Å². The van der Waals surface area contributed by atoms with Crippen molar-refractivity contribution in [3.63, 3.8) is 0 Å². The third-order valence-electron chi connectivity index (χ3n) is 5.54. The number of nitrogens with zero attached hydrogens (tertiary/aromatic N) is 2. The third kappa shape index (κ3) is 3.32. The molecule has 2 fully saturated rings. The lowest BCUT2D eigenvalue weighted by Crippen LogP contribution is -2.60. The van der Waals surface area contributed by atoms with Crippen LogP contribution in [0.5, 0.6) is 0 Å². The summed E-state index contributed by atoms with van der Waals surface area (Å²) in [6.07, 6.45) is 9.71. The molecule has 0 amide bonds. The molecule has 1 N–H and O–H groups in total. The first-order valence-electron chi connectivity index (χ1n) is 8.20. The van der Waals surface area contributed by atoms with Gasteiger partial charge in [0.05, 0.1) is 0 Å². The van der Waals surface area contributed by atoms with Crippen LogP contribution in [0.15, 0.2) is 0 Å². The van der Waals surface area contributed by atoms with Crippen molar-refractivity contribution in [2.75, 3.05) is 34.2 Å². The van der Waals surface area contributed by atoms with Gasteiger partial charge in [-0.1, -0.05) is 19.8 Å². The minimum absolute atomic E-state index is 0.461.